The van der Waals surface area contributed by atoms with Gasteiger partial charge in [0.2, 0.25) is 0 Å². The van der Waals surface area contributed by atoms with Gasteiger partial charge in [-0.1, -0.05) is 31.8 Å². The van der Waals surface area contributed by atoms with Crippen molar-refractivity contribution in [1.29, 1.82) is 0 Å². The Kier molecular flexibility index (Phi) is 13.2. The van der Waals surface area contributed by atoms with Gasteiger partial charge in [0.15, 0.2) is 0 Å². The number of carboxylic acids is 1. The fraction of sp³-hybridized carbons (Fsp3) is 0.789. The average molecular weight is 341 g/mol. The molecule has 0 heterocycles. The van der Waals surface area contributed by atoms with Crippen LogP contribution in [0.3, 0.4) is 0 Å². The largest absolute Gasteiger partial charge is 0.550 e. The maximum atomic E-state index is 11.2. The molecule has 0 rings (SSSR count). The molecule has 0 radical (unpaired) electrons. The topological polar surface area (TPSA) is 66.4 Å². The number of hydrogen-bond acceptors (Lipinski definition) is 4. The van der Waals surface area contributed by atoms with Crippen LogP contribution in [0.25, 0.3) is 0 Å². The molecule has 5 nitrogen and oxygen atoms in total. The molecule has 24 heavy (non-hydrogen) atoms. The molecule has 0 N–H and O–H groups in total. The summed E-state index contributed by atoms with van der Waals surface area (Å²) in [5, 5.41) is 10.3. The quantitative estimate of drug-likeness (QED) is 0.199. The van der Waals surface area contributed by atoms with E-state index in [1.807, 2.05) is 0 Å². The van der Waals surface area contributed by atoms with E-state index in [4.69, 9.17) is 4.74 Å². The number of carbonyl (C=O) groups excluding carboxylic acids is 2. The predicted molar refractivity (Wildman–Crippen MR) is 94.2 cm³/mol. The number of carbonyl (C=O) groups is 2. The summed E-state index contributed by atoms with van der Waals surface area (Å²) in [6, 6.07) is 0. The fourth-order valence-electron chi connectivity index (χ4n) is 2.65. The highest BCUT2D eigenvalue weighted by atomic mass is 16.5. The first-order valence-electron chi connectivity index (χ1n) is 9.18. The number of rotatable bonds is 15. The Morgan fingerprint density at radius 1 is 0.917 bits per heavy atom. The highest BCUT2D eigenvalue weighted by molar-refractivity contribution is 5.81. The lowest BCUT2D eigenvalue weighted by Crippen LogP contribution is -2.41. The maximum Gasteiger partial charge on any atom is 0.330 e. The monoisotopic (exact) mass is 341 g/mol. The first kappa shape index (κ1) is 22.6. The van der Waals surface area contributed by atoms with E-state index in [0.29, 0.717) is 6.61 Å². The molecule has 0 saturated carbocycles. The van der Waals surface area contributed by atoms with Crippen molar-refractivity contribution >= 4 is 11.9 Å². The fourth-order valence-corrected chi connectivity index (χ4v) is 2.65. The molecule has 0 amide bonds. The van der Waals surface area contributed by atoms with Crippen molar-refractivity contribution in [2.24, 2.45) is 0 Å². The molecule has 0 aromatic rings. The van der Waals surface area contributed by atoms with Crippen LogP contribution in [0.5, 0.6) is 0 Å². The summed E-state index contributed by atoms with van der Waals surface area (Å²) in [7, 11) is 4.43. The number of esters is 1. The van der Waals surface area contributed by atoms with Crippen molar-refractivity contribution in [3.8, 4) is 0 Å². The smallest absolute Gasteiger partial charge is 0.330 e. The summed E-state index contributed by atoms with van der Waals surface area (Å²) >= 11 is 0. The lowest BCUT2D eigenvalue weighted by atomic mass is 10.1. The van der Waals surface area contributed by atoms with Gasteiger partial charge in [0.25, 0.3) is 0 Å². The third kappa shape index (κ3) is 15.5. The molecule has 0 unspecified atom stereocenters. The normalized spacial score (nSPS) is 11.8. The van der Waals surface area contributed by atoms with Crippen molar-refractivity contribution in [1.82, 2.24) is 0 Å². The van der Waals surface area contributed by atoms with Crippen molar-refractivity contribution in [2.45, 2.75) is 64.7 Å². The van der Waals surface area contributed by atoms with Crippen LogP contribution in [0.1, 0.15) is 64.7 Å². The van der Waals surface area contributed by atoms with Crippen LogP contribution in [0.15, 0.2) is 12.2 Å². The van der Waals surface area contributed by atoms with Gasteiger partial charge in [-0.15, -0.1) is 0 Å². The van der Waals surface area contributed by atoms with E-state index < -0.39 is 5.97 Å². The summed E-state index contributed by atoms with van der Waals surface area (Å²) in [5.41, 5.74) is 0. The molecule has 0 aromatic heterocycles. The van der Waals surface area contributed by atoms with Gasteiger partial charge >= 0.3 is 5.97 Å². The van der Waals surface area contributed by atoms with Gasteiger partial charge in [-0.2, -0.15) is 0 Å². The predicted octanol–water partition coefficient (Wildman–Crippen LogP) is 2.44. The van der Waals surface area contributed by atoms with Crippen LogP contribution >= 0.6 is 0 Å². The molecule has 0 aliphatic heterocycles. The first-order chi connectivity index (χ1) is 11.4. The molecule has 0 aromatic carbocycles. The molecular formula is C19H35NO4. The summed E-state index contributed by atoms with van der Waals surface area (Å²) in [6.07, 6.45) is 11.9. The third-order valence-electron chi connectivity index (χ3n) is 4.10. The van der Waals surface area contributed by atoms with Crippen molar-refractivity contribution in [3.05, 3.63) is 12.2 Å². The first-order valence-corrected chi connectivity index (χ1v) is 9.18. The Morgan fingerprint density at radius 3 is 2.04 bits per heavy atom. The highest BCUT2D eigenvalue weighted by Crippen LogP contribution is 2.10. The number of unbranched alkanes of at least 4 members (excludes halogenated alkanes) is 6. The van der Waals surface area contributed by atoms with Gasteiger partial charge in [0, 0.05) is 18.5 Å². The average Bonchev–Trinajstić information content (AvgIpc) is 2.50. The second-order valence-corrected chi connectivity index (χ2v) is 7.00. The molecule has 0 aliphatic carbocycles. The summed E-state index contributed by atoms with van der Waals surface area (Å²) in [5.74, 6) is -1.20. The van der Waals surface area contributed by atoms with Crippen LogP contribution in [-0.2, 0) is 14.3 Å². The molecule has 0 saturated heterocycles. The van der Waals surface area contributed by atoms with Gasteiger partial charge < -0.3 is 19.1 Å². The standard InChI is InChI=1S/C19H35NO4/c1-4-13-19(23)24-17-12-16-20(2,3)15-11-9-7-5-6-8-10-14-18(21)22/h4,13H,5-12,14-17H2,1-3H3. The van der Waals surface area contributed by atoms with Gasteiger partial charge in [-0.25, -0.2) is 4.79 Å². The van der Waals surface area contributed by atoms with Crippen molar-refractivity contribution in [2.75, 3.05) is 33.8 Å². The molecular weight excluding hydrogens is 306 g/mol. The number of quaternary nitrogens is 1. The minimum atomic E-state index is -0.938. The maximum absolute atomic E-state index is 11.2. The van der Waals surface area contributed by atoms with E-state index in [2.05, 4.69) is 14.1 Å². The number of aliphatic carboxylic acids is 1. The van der Waals surface area contributed by atoms with Crippen molar-refractivity contribution < 1.29 is 23.9 Å². The van der Waals surface area contributed by atoms with E-state index in [1.54, 1.807) is 13.0 Å². The Labute approximate surface area is 147 Å². The van der Waals surface area contributed by atoms with Gasteiger partial charge in [-0.3, -0.25) is 0 Å². The zero-order valence-electron chi connectivity index (χ0n) is 15.7. The summed E-state index contributed by atoms with van der Waals surface area (Å²) < 4.78 is 6.06. The SMILES string of the molecule is CC=CC(=O)OCCC[N+](C)(C)CCCCCCCCCC(=O)[O-]. The second-order valence-electron chi connectivity index (χ2n) is 7.00. The van der Waals surface area contributed by atoms with Gasteiger partial charge in [0.05, 0.1) is 33.8 Å². The van der Waals surface area contributed by atoms with E-state index in [9.17, 15) is 14.7 Å². The van der Waals surface area contributed by atoms with Crippen molar-refractivity contribution in [3.63, 3.8) is 0 Å². The molecule has 0 spiro atoms. The Morgan fingerprint density at radius 2 is 1.46 bits per heavy atom. The van der Waals surface area contributed by atoms with Crippen LogP contribution in [-0.4, -0.2) is 50.2 Å². The van der Waals surface area contributed by atoms with Gasteiger partial charge in [-0.05, 0) is 32.6 Å². The summed E-state index contributed by atoms with van der Waals surface area (Å²) in [4.78, 5) is 21.5. The van der Waals surface area contributed by atoms with Crippen LogP contribution < -0.4 is 5.11 Å². The Bertz CT molecular complexity index is 378. The minimum Gasteiger partial charge on any atom is -0.550 e. The highest BCUT2D eigenvalue weighted by Gasteiger charge is 2.14. The Hall–Kier alpha value is -1.36. The zero-order chi connectivity index (χ0) is 18.3. The summed E-state index contributed by atoms with van der Waals surface area (Å²) in [6.45, 7) is 4.42. The van der Waals surface area contributed by atoms with E-state index in [0.717, 1.165) is 43.3 Å². The van der Waals surface area contributed by atoms with Crippen LogP contribution in [0.2, 0.25) is 0 Å². The second kappa shape index (κ2) is 14.0. The number of carboxylic acid groups (broad SMARTS) is 1. The third-order valence-corrected chi connectivity index (χ3v) is 4.10. The van der Waals surface area contributed by atoms with Crippen LogP contribution in [0.4, 0.5) is 0 Å². The van der Waals surface area contributed by atoms with Gasteiger partial charge in [0.1, 0.15) is 0 Å². The molecule has 0 aliphatic rings. The van der Waals surface area contributed by atoms with E-state index in [-0.39, 0.29) is 12.4 Å². The van der Waals surface area contributed by atoms with E-state index >= 15 is 0 Å². The lowest BCUT2D eigenvalue weighted by Gasteiger charge is -2.29. The number of nitrogens with zero attached hydrogens (tertiary/aromatic N) is 1. The molecule has 0 atom stereocenters. The van der Waals surface area contributed by atoms with Crippen LogP contribution in [0, 0.1) is 0 Å². The molecule has 5 heteroatoms. The number of allylic oxidation sites excluding steroid dienone is 1. The molecule has 0 bridgehead atoms. The van der Waals surface area contributed by atoms with E-state index in [1.165, 1.54) is 31.8 Å². The number of ether oxygens (including phenoxy) is 1. The molecule has 140 valence electrons. The molecule has 0 fully saturated rings. The minimum absolute atomic E-state index is 0.190. The zero-order valence-corrected chi connectivity index (χ0v) is 15.7. The lowest BCUT2D eigenvalue weighted by molar-refractivity contribution is -0.890. The number of hydrogen-bond donors (Lipinski definition) is 0. The Balaban J connectivity index is 3.50.